The van der Waals surface area contributed by atoms with Gasteiger partial charge in [0.15, 0.2) is 0 Å². The SMILES string of the molecule is O=C(O)CN(C1CCCCC1)C1CCC(CN2CCC(CCCc3cnc4ccccc4c3)CC2)C1.c1ccccc1. The Morgan fingerprint density at radius 3 is 2.26 bits per heavy atom. The summed E-state index contributed by atoms with van der Waals surface area (Å²) in [6.45, 7) is 3.94. The lowest BCUT2D eigenvalue weighted by molar-refractivity contribution is -0.140. The summed E-state index contributed by atoms with van der Waals surface area (Å²) in [6.07, 6.45) is 18.4. The first kappa shape index (κ1) is 30.7. The van der Waals surface area contributed by atoms with Gasteiger partial charge >= 0.3 is 5.97 Å². The number of hydrogen-bond acceptors (Lipinski definition) is 4. The number of hydrogen-bond donors (Lipinski definition) is 1. The van der Waals surface area contributed by atoms with Crippen molar-refractivity contribution in [1.29, 1.82) is 0 Å². The number of aliphatic carboxylic acids is 1. The van der Waals surface area contributed by atoms with Crippen LogP contribution in [0.1, 0.15) is 82.6 Å². The first-order valence-electron chi connectivity index (χ1n) is 16.7. The monoisotopic (exact) mass is 569 g/mol. The number of fused-ring (bicyclic) bond motifs is 1. The molecule has 1 aliphatic heterocycles. The molecule has 1 N–H and O–H groups in total. The summed E-state index contributed by atoms with van der Waals surface area (Å²) in [7, 11) is 0. The highest BCUT2D eigenvalue weighted by Gasteiger charge is 2.35. The molecule has 1 saturated heterocycles. The lowest BCUT2D eigenvalue weighted by Gasteiger charge is -2.38. The molecule has 6 rings (SSSR count). The number of carboxylic acid groups (broad SMARTS) is 1. The lowest BCUT2D eigenvalue weighted by Crippen LogP contribution is -2.46. The zero-order chi connectivity index (χ0) is 29.0. The van der Waals surface area contributed by atoms with Gasteiger partial charge in [0.2, 0.25) is 0 Å². The predicted molar refractivity (Wildman–Crippen MR) is 173 cm³/mol. The third kappa shape index (κ3) is 9.37. The Bertz CT molecular complexity index is 1180. The van der Waals surface area contributed by atoms with E-state index in [1.807, 2.05) is 36.4 Å². The predicted octanol–water partition coefficient (Wildman–Crippen LogP) is 7.84. The second-order valence-electron chi connectivity index (χ2n) is 13.0. The van der Waals surface area contributed by atoms with Crippen molar-refractivity contribution in [3.63, 3.8) is 0 Å². The highest BCUT2D eigenvalue weighted by atomic mass is 16.4. The van der Waals surface area contributed by atoms with Gasteiger partial charge < -0.3 is 10.0 Å². The molecule has 0 amide bonds. The molecule has 2 aliphatic carbocycles. The molecule has 2 atom stereocenters. The van der Waals surface area contributed by atoms with E-state index in [-0.39, 0.29) is 6.54 Å². The average molecular weight is 570 g/mol. The summed E-state index contributed by atoms with van der Waals surface area (Å²) in [5.41, 5.74) is 2.46. The van der Waals surface area contributed by atoms with Gasteiger partial charge in [-0.25, -0.2) is 0 Å². The van der Waals surface area contributed by atoms with E-state index in [1.165, 1.54) is 108 Å². The van der Waals surface area contributed by atoms with Crippen LogP contribution in [0.15, 0.2) is 72.9 Å². The maximum Gasteiger partial charge on any atom is 0.317 e. The Hall–Kier alpha value is -2.76. The van der Waals surface area contributed by atoms with Crippen LogP contribution in [0.25, 0.3) is 10.9 Å². The standard InChI is InChI=1S/C31H45N3O2.C6H6/c35-31(36)23-34(28-10-2-1-3-11-28)29-14-13-26(20-29)22-33-17-15-24(16-18-33)7-6-8-25-19-27-9-4-5-12-30(27)32-21-25;1-2-4-6-5-3-1/h4-5,9,12,19,21,24,26,28-29H,1-3,6-8,10-11,13-18,20,22-23H2,(H,35,36);1-6H. The molecule has 3 aromatic rings. The number of rotatable bonds is 10. The van der Waals surface area contributed by atoms with E-state index in [4.69, 9.17) is 0 Å². The van der Waals surface area contributed by atoms with Crippen molar-refractivity contribution in [3.8, 4) is 0 Å². The summed E-state index contributed by atoms with van der Waals surface area (Å²) in [4.78, 5) is 21.3. The molecule has 5 heteroatoms. The van der Waals surface area contributed by atoms with Gasteiger partial charge in [-0.3, -0.25) is 14.7 Å². The van der Waals surface area contributed by atoms with Crippen molar-refractivity contribution in [2.75, 3.05) is 26.2 Å². The number of nitrogens with zero attached hydrogens (tertiary/aromatic N) is 3. The van der Waals surface area contributed by atoms with Gasteiger partial charge in [-0.05, 0) is 100 Å². The minimum atomic E-state index is -0.650. The number of carbonyl (C=O) groups is 1. The quantitative estimate of drug-likeness (QED) is 0.270. The number of aromatic nitrogens is 1. The van der Waals surface area contributed by atoms with Crippen LogP contribution in [0.2, 0.25) is 0 Å². The van der Waals surface area contributed by atoms with Crippen molar-refractivity contribution in [2.24, 2.45) is 11.8 Å². The number of aryl methyl sites for hydroxylation is 1. The molecule has 226 valence electrons. The molecule has 3 aliphatic rings. The second kappa shape index (κ2) is 16.2. The number of benzene rings is 2. The van der Waals surface area contributed by atoms with Crippen molar-refractivity contribution in [1.82, 2.24) is 14.8 Å². The zero-order valence-corrected chi connectivity index (χ0v) is 25.5. The van der Waals surface area contributed by atoms with E-state index >= 15 is 0 Å². The summed E-state index contributed by atoms with van der Waals surface area (Å²) in [5.74, 6) is 0.957. The Balaban J connectivity index is 0.000000524. The minimum absolute atomic E-state index is 0.239. The van der Waals surface area contributed by atoms with Gasteiger partial charge in [0.1, 0.15) is 0 Å². The van der Waals surface area contributed by atoms with Crippen molar-refractivity contribution in [2.45, 2.75) is 95.6 Å². The number of carboxylic acids is 1. The Morgan fingerprint density at radius 2 is 1.55 bits per heavy atom. The number of pyridine rings is 1. The van der Waals surface area contributed by atoms with E-state index < -0.39 is 5.97 Å². The average Bonchev–Trinajstić information content (AvgIpc) is 3.50. The van der Waals surface area contributed by atoms with E-state index in [9.17, 15) is 9.90 Å². The molecule has 1 aromatic heterocycles. The molecule has 2 unspecified atom stereocenters. The fourth-order valence-corrected chi connectivity index (χ4v) is 7.70. The van der Waals surface area contributed by atoms with Crippen molar-refractivity contribution in [3.05, 3.63) is 78.5 Å². The zero-order valence-electron chi connectivity index (χ0n) is 25.5. The van der Waals surface area contributed by atoms with Crippen LogP contribution in [0.5, 0.6) is 0 Å². The van der Waals surface area contributed by atoms with Crippen LogP contribution in [0.3, 0.4) is 0 Å². The summed E-state index contributed by atoms with van der Waals surface area (Å²) < 4.78 is 0. The molecule has 2 saturated carbocycles. The molecular formula is C37H51N3O2. The highest BCUT2D eigenvalue weighted by Crippen LogP contribution is 2.35. The van der Waals surface area contributed by atoms with Crippen LogP contribution in [-0.2, 0) is 11.2 Å². The Kier molecular flexibility index (Phi) is 11.8. The highest BCUT2D eigenvalue weighted by molar-refractivity contribution is 5.78. The van der Waals surface area contributed by atoms with Crippen molar-refractivity contribution < 1.29 is 9.90 Å². The van der Waals surface area contributed by atoms with Gasteiger partial charge in [-0.1, -0.05) is 80.3 Å². The first-order chi connectivity index (χ1) is 20.6. The van der Waals surface area contributed by atoms with Gasteiger partial charge in [0.05, 0.1) is 12.1 Å². The normalized spacial score (nSPS) is 22.2. The smallest absolute Gasteiger partial charge is 0.317 e. The van der Waals surface area contributed by atoms with Gasteiger partial charge in [0.25, 0.3) is 0 Å². The fraction of sp³-hybridized carbons (Fsp3) is 0.568. The minimum Gasteiger partial charge on any atom is -0.480 e. The third-order valence-electron chi connectivity index (χ3n) is 9.96. The van der Waals surface area contributed by atoms with Crippen molar-refractivity contribution >= 4 is 16.9 Å². The fourth-order valence-electron chi connectivity index (χ4n) is 7.70. The largest absolute Gasteiger partial charge is 0.480 e. The van der Waals surface area contributed by atoms with Crippen LogP contribution >= 0.6 is 0 Å². The molecule has 42 heavy (non-hydrogen) atoms. The molecule has 0 spiro atoms. The maximum atomic E-state index is 11.6. The molecule has 5 nitrogen and oxygen atoms in total. The molecular weight excluding hydrogens is 518 g/mol. The summed E-state index contributed by atoms with van der Waals surface area (Å²) in [5, 5.41) is 10.8. The first-order valence-corrected chi connectivity index (χ1v) is 16.7. The number of likely N-dealkylation sites (tertiary alicyclic amines) is 1. The molecule has 0 radical (unpaired) electrons. The molecule has 3 fully saturated rings. The van der Waals surface area contributed by atoms with Gasteiger partial charge in [0, 0.05) is 30.2 Å². The van der Waals surface area contributed by atoms with E-state index in [1.54, 1.807) is 0 Å². The van der Waals surface area contributed by atoms with Crippen LogP contribution in [0, 0.1) is 11.8 Å². The van der Waals surface area contributed by atoms with Gasteiger partial charge in [-0.15, -0.1) is 0 Å². The lowest BCUT2D eigenvalue weighted by atomic mass is 9.90. The topological polar surface area (TPSA) is 56.7 Å². The number of para-hydroxylation sites is 1. The third-order valence-corrected chi connectivity index (χ3v) is 9.96. The number of piperidine rings is 1. The van der Waals surface area contributed by atoms with E-state index in [2.05, 4.69) is 51.3 Å². The molecule has 2 heterocycles. The Morgan fingerprint density at radius 1 is 0.833 bits per heavy atom. The summed E-state index contributed by atoms with van der Waals surface area (Å²) >= 11 is 0. The van der Waals surface area contributed by atoms with Crippen LogP contribution in [-0.4, -0.2) is 64.1 Å². The second-order valence-corrected chi connectivity index (χ2v) is 13.0. The van der Waals surface area contributed by atoms with E-state index in [0.29, 0.717) is 12.1 Å². The van der Waals surface area contributed by atoms with Crippen LogP contribution < -0.4 is 0 Å². The van der Waals surface area contributed by atoms with Gasteiger partial charge in [-0.2, -0.15) is 0 Å². The van der Waals surface area contributed by atoms with E-state index in [0.717, 1.165) is 23.8 Å². The summed E-state index contributed by atoms with van der Waals surface area (Å²) in [6, 6.07) is 23.7. The molecule has 2 aromatic carbocycles. The maximum absolute atomic E-state index is 11.6. The molecule has 0 bridgehead atoms. The van der Waals surface area contributed by atoms with Crippen LogP contribution in [0.4, 0.5) is 0 Å². The Labute approximate surface area is 253 Å².